The lowest BCUT2D eigenvalue weighted by molar-refractivity contribution is -0.137. The van der Waals surface area contributed by atoms with Crippen LogP contribution in [0.25, 0.3) is 0 Å². The molecule has 0 saturated carbocycles. The summed E-state index contributed by atoms with van der Waals surface area (Å²) in [5, 5.41) is 0. The van der Waals surface area contributed by atoms with Crippen LogP contribution in [0.15, 0.2) is 46.9 Å². The van der Waals surface area contributed by atoms with Gasteiger partial charge in [-0.1, -0.05) is 12.1 Å². The van der Waals surface area contributed by atoms with Gasteiger partial charge in [0, 0.05) is 6.07 Å². The van der Waals surface area contributed by atoms with Crippen molar-refractivity contribution in [3.63, 3.8) is 0 Å². The van der Waals surface area contributed by atoms with E-state index in [1.807, 2.05) is 0 Å². The number of rotatable bonds is 3. The van der Waals surface area contributed by atoms with Crippen molar-refractivity contribution in [2.24, 2.45) is 0 Å². The summed E-state index contributed by atoms with van der Waals surface area (Å²) in [5.74, 6) is -0.152. The maximum Gasteiger partial charge on any atom is 0.416 e. The molecular weight excluding hydrogens is 340 g/mol. The second kappa shape index (κ2) is 5.83. The molecule has 0 bridgehead atoms. The minimum atomic E-state index is -4.36. The highest BCUT2D eigenvalue weighted by Crippen LogP contribution is 2.30. The molecular formula is C14H9BrF4O. The third-order valence-electron chi connectivity index (χ3n) is 2.57. The average molecular weight is 349 g/mol. The Kier molecular flexibility index (Phi) is 4.32. The van der Waals surface area contributed by atoms with Crippen LogP contribution in [0.2, 0.25) is 0 Å². The lowest BCUT2D eigenvalue weighted by Crippen LogP contribution is -2.05. The van der Waals surface area contributed by atoms with Crippen LogP contribution < -0.4 is 4.74 Å². The summed E-state index contributed by atoms with van der Waals surface area (Å²) in [6.07, 6.45) is -4.36. The zero-order chi connectivity index (χ0) is 14.8. The molecule has 20 heavy (non-hydrogen) atoms. The van der Waals surface area contributed by atoms with Gasteiger partial charge < -0.3 is 4.74 Å². The van der Waals surface area contributed by atoms with Gasteiger partial charge in [-0.25, -0.2) is 4.39 Å². The van der Waals surface area contributed by atoms with E-state index in [2.05, 4.69) is 15.9 Å². The van der Waals surface area contributed by atoms with Crippen LogP contribution in [0, 0.1) is 5.82 Å². The summed E-state index contributed by atoms with van der Waals surface area (Å²) in [7, 11) is 0. The van der Waals surface area contributed by atoms with E-state index in [0.29, 0.717) is 15.8 Å². The second-order valence-electron chi connectivity index (χ2n) is 4.06. The minimum Gasteiger partial charge on any atom is -0.488 e. The third-order valence-corrected chi connectivity index (χ3v) is 3.22. The lowest BCUT2D eigenvalue weighted by atomic mass is 10.1. The summed E-state index contributed by atoms with van der Waals surface area (Å²) in [6, 6.07) is 8.60. The van der Waals surface area contributed by atoms with Gasteiger partial charge in [0.25, 0.3) is 0 Å². The first kappa shape index (κ1) is 14.8. The molecule has 0 aliphatic carbocycles. The van der Waals surface area contributed by atoms with E-state index in [1.54, 1.807) is 0 Å². The zero-order valence-corrected chi connectivity index (χ0v) is 11.6. The maximum absolute atomic E-state index is 13.0. The predicted octanol–water partition coefficient (Wildman–Crippen LogP) is 5.19. The Bertz CT molecular complexity index is 593. The fraction of sp³-hybridized carbons (Fsp3) is 0.143. The summed E-state index contributed by atoms with van der Waals surface area (Å²) >= 11 is 3.20. The first-order valence-electron chi connectivity index (χ1n) is 5.60. The number of alkyl halides is 3. The van der Waals surface area contributed by atoms with Crippen molar-refractivity contribution < 1.29 is 22.3 Å². The highest BCUT2D eigenvalue weighted by atomic mass is 79.9. The highest BCUT2D eigenvalue weighted by molar-refractivity contribution is 9.10. The van der Waals surface area contributed by atoms with Crippen LogP contribution in [-0.2, 0) is 12.8 Å². The molecule has 0 atom stereocenters. The second-order valence-corrected chi connectivity index (χ2v) is 4.91. The predicted molar refractivity (Wildman–Crippen MR) is 69.9 cm³/mol. The Labute approximate surface area is 121 Å². The first-order chi connectivity index (χ1) is 9.36. The van der Waals surface area contributed by atoms with Gasteiger partial charge in [-0.3, -0.25) is 0 Å². The van der Waals surface area contributed by atoms with E-state index in [4.69, 9.17) is 4.74 Å². The fourth-order valence-electron chi connectivity index (χ4n) is 1.54. The number of hydrogen-bond acceptors (Lipinski definition) is 1. The summed E-state index contributed by atoms with van der Waals surface area (Å²) in [6.45, 7) is 0.0557. The normalized spacial score (nSPS) is 11.4. The molecule has 0 unspecified atom stereocenters. The molecule has 0 spiro atoms. The minimum absolute atomic E-state index is 0.0557. The van der Waals surface area contributed by atoms with E-state index in [9.17, 15) is 17.6 Å². The maximum atomic E-state index is 13.0. The van der Waals surface area contributed by atoms with Crippen molar-refractivity contribution in [3.05, 3.63) is 63.9 Å². The average Bonchev–Trinajstić information content (AvgIpc) is 2.39. The van der Waals surface area contributed by atoms with Gasteiger partial charge in [-0.05, 0) is 45.8 Å². The van der Waals surface area contributed by atoms with Crippen LogP contribution in [0.1, 0.15) is 11.1 Å². The standard InChI is InChI=1S/C14H9BrF4O/c15-12-6-5-11(16)7-13(12)20-8-9-1-3-10(4-2-9)14(17,18)19/h1-7H,8H2. The molecule has 1 nitrogen and oxygen atoms in total. The van der Waals surface area contributed by atoms with Gasteiger partial charge in [0.15, 0.2) is 0 Å². The zero-order valence-electron chi connectivity index (χ0n) is 10.0. The Balaban J connectivity index is 2.06. The van der Waals surface area contributed by atoms with E-state index in [1.165, 1.54) is 30.3 Å². The third kappa shape index (κ3) is 3.72. The van der Waals surface area contributed by atoms with Crippen molar-refractivity contribution in [2.45, 2.75) is 12.8 Å². The molecule has 0 radical (unpaired) electrons. The molecule has 106 valence electrons. The van der Waals surface area contributed by atoms with Crippen molar-refractivity contribution in [2.75, 3.05) is 0 Å². The number of benzene rings is 2. The van der Waals surface area contributed by atoms with Crippen LogP contribution >= 0.6 is 15.9 Å². The van der Waals surface area contributed by atoms with Gasteiger partial charge in [0.05, 0.1) is 10.0 Å². The van der Waals surface area contributed by atoms with E-state index < -0.39 is 17.6 Å². The summed E-state index contributed by atoms with van der Waals surface area (Å²) in [4.78, 5) is 0. The van der Waals surface area contributed by atoms with Crippen LogP contribution in [0.4, 0.5) is 17.6 Å². The van der Waals surface area contributed by atoms with Gasteiger partial charge >= 0.3 is 6.18 Å². The highest BCUT2D eigenvalue weighted by Gasteiger charge is 2.29. The smallest absolute Gasteiger partial charge is 0.416 e. The Hall–Kier alpha value is -1.56. The monoisotopic (exact) mass is 348 g/mol. The van der Waals surface area contributed by atoms with Gasteiger partial charge in [0.1, 0.15) is 18.2 Å². The molecule has 0 N–H and O–H groups in total. The van der Waals surface area contributed by atoms with Crippen molar-refractivity contribution >= 4 is 15.9 Å². The number of ether oxygens (including phenoxy) is 1. The molecule has 0 amide bonds. The fourth-order valence-corrected chi connectivity index (χ4v) is 1.90. The summed E-state index contributed by atoms with van der Waals surface area (Å²) in [5.41, 5.74) is -0.151. The molecule has 0 aromatic heterocycles. The molecule has 0 aliphatic rings. The van der Waals surface area contributed by atoms with Crippen LogP contribution in [-0.4, -0.2) is 0 Å². The van der Waals surface area contributed by atoms with Crippen molar-refractivity contribution in [1.29, 1.82) is 0 Å². The van der Waals surface area contributed by atoms with E-state index in [0.717, 1.165) is 12.1 Å². The molecule has 2 rings (SSSR count). The van der Waals surface area contributed by atoms with Gasteiger partial charge in [-0.2, -0.15) is 13.2 Å². The Morgan fingerprint density at radius 3 is 2.25 bits per heavy atom. The molecule has 0 heterocycles. The van der Waals surface area contributed by atoms with Crippen LogP contribution in [0.3, 0.4) is 0 Å². The summed E-state index contributed by atoms with van der Waals surface area (Å²) < 4.78 is 56.1. The Morgan fingerprint density at radius 2 is 1.65 bits per heavy atom. The molecule has 0 saturated heterocycles. The molecule has 0 fully saturated rings. The molecule has 2 aromatic rings. The van der Waals surface area contributed by atoms with Crippen molar-refractivity contribution in [1.82, 2.24) is 0 Å². The van der Waals surface area contributed by atoms with Gasteiger partial charge in [-0.15, -0.1) is 0 Å². The number of halogens is 5. The van der Waals surface area contributed by atoms with E-state index >= 15 is 0 Å². The largest absolute Gasteiger partial charge is 0.488 e. The van der Waals surface area contributed by atoms with E-state index in [-0.39, 0.29) is 6.61 Å². The van der Waals surface area contributed by atoms with Crippen LogP contribution in [0.5, 0.6) is 5.75 Å². The number of hydrogen-bond donors (Lipinski definition) is 0. The molecule has 0 aliphatic heterocycles. The quantitative estimate of drug-likeness (QED) is 0.694. The van der Waals surface area contributed by atoms with Crippen molar-refractivity contribution in [3.8, 4) is 5.75 Å². The SMILES string of the molecule is Fc1ccc(Br)c(OCc2ccc(C(F)(F)F)cc2)c1. The first-order valence-corrected chi connectivity index (χ1v) is 6.39. The Morgan fingerprint density at radius 1 is 1.00 bits per heavy atom. The lowest BCUT2D eigenvalue weighted by Gasteiger charge is -2.10. The topological polar surface area (TPSA) is 9.23 Å². The van der Waals surface area contributed by atoms with Gasteiger partial charge in [0.2, 0.25) is 0 Å². The molecule has 6 heteroatoms. The molecule has 2 aromatic carbocycles.